The van der Waals surface area contributed by atoms with Crippen LogP contribution in [0.15, 0.2) is 47.8 Å². The van der Waals surface area contributed by atoms with Gasteiger partial charge in [-0.25, -0.2) is 0 Å². The fraction of sp³-hybridized carbons (Fsp3) is 0.476. The van der Waals surface area contributed by atoms with Gasteiger partial charge in [0.2, 0.25) is 5.91 Å². The summed E-state index contributed by atoms with van der Waals surface area (Å²) in [4.78, 5) is 20.8. The van der Waals surface area contributed by atoms with Crippen LogP contribution in [-0.2, 0) is 11.2 Å². The highest BCUT2D eigenvalue weighted by molar-refractivity contribution is 7.09. The first-order valence-corrected chi connectivity index (χ1v) is 10.5. The summed E-state index contributed by atoms with van der Waals surface area (Å²) < 4.78 is 0. The maximum Gasteiger partial charge on any atom is 0.226 e. The van der Waals surface area contributed by atoms with Gasteiger partial charge in [-0.05, 0) is 30.0 Å². The lowest BCUT2D eigenvalue weighted by Crippen LogP contribution is -2.49. The monoisotopic (exact) mass is 371 g/mol. The number of benzene rings is 1. The first-order chi connectivity index (χ1) is 12.8. The van der Waals surface area contributed by atoms with Crippen molar-refractivity contribution < 1.29 is 4.79 Å². The van der Waals surface area contributed by atoms with Crippen LogP contribution in [0.3, 0.4) is 0 Å². The van der Waals surface area contributed by atoms with Gasteiger partial charge in [0.25, 0.3) is 0 Å². The number of thiophene rings is 1. The van der Waals surface area contributed by atoms with Crippen LogP contribution in [-0.4, -0.2) is 61.5 Å². The van der Waals surface area contributed by atoms with Crippen molar-refractivity contribution in [1.29, 1.82) is 0 Å². The van der Waals surface area contributed by atoms with E-state index in [2.05, 4.69) is 27.3 Å². The molecule has 4 nitrogen and oxygen atoms in total. The highest BCUT2D eigenvalue weighted by Crippen LogP contribution is 2.15. The summed E-state index contributed by atoms with van der Waals surface area (Å²) in [6, 6.07) is 14.4. The van der Waals surface area contributed by atoms with Crippen molar-refractivity contribution in [3.63, 3.8) is 0 Å². The van der Waals surface area contributed by atoms with E-state index in [0.717, 1.165) is 57.9 Å². The summed E-state index contributed by atoms with van der Waals surface area (Å²) >= 11 is 1.85. The molecule has 0 N–H and O–H groups in total. The second kappa shape index (κ2) is 9.86. The molecule has 26 heavy (non-hydrogen) atoms. The molecule has 1 fully saturated rings. The summed E-state index contributed by atoms with van der Waals surface area (Å²) in [7, 11) is 0. The van der Waals surface area contributed by atoms with Crippen molar-refractivity contribution >= 4 is 22.9 Å². The summed E-state index contributed by atoms with van der Waals surface area (Å²) in [5.41, 5.74) is 1.01. The summed E-state index contributed by atoms with van der Waals surface area (Å²) in [6.07, 6.45) is 1.70. The lowest BCUT2D eigenvalue weighted by Gasteiger charge is -2.35. The number of para-hydroxylation sites is 1. The van der Waals surface area contributed by atoms with Gasteiger partial charge in [0, 0.05) is 62.8 Å². The van der Waals surface area contributed by atoms with Gasteiger partial charge in [0.15, 0.2) is 0 Å². The molecule has 1 aliphatic heterocycles. The number of hydrogen-bond donors (Lipinski definition) is 0. The van der Waals surface area contributed by atoms with Crippen LogP contribution in [0.1, 0.15) is 18.2 Å². The molecule has 1 aromatic carbocycles. The molecule has 0 unspecified atom stereocenters. The van der Waals surface area contributed by atoms with Gasteiger partial charge < -0.3 is 9.80 Å². The average molecular weight is 372 g/mol. The molecule has 140 valence electrons. The third-order valence-corrected chi connectivity index (χ3v) is 5.97. The third kappa shape index (κ3) is 5.40. The lowest BCUT2D eigenvalue weighted by atomic mass is 10.2. The van der Waals surface area contributed by atoms with Crippen molar-refractivity contribution in [3.8, 4) is 0 Å². The second-order valence-corrected chi connectivity index (χ2v) is 7.78. The van der Waals surface area contributed by atoms with Crippen LogP contribution in [0.2, 0.25) is 0 Å². The first-order valence-electron chi connectivity index (χ1n) is 9.58. The predicted octanol–water partition coefficient (Wildman–Crippen LogP) is 3.35. The van der Waals surface area contributed by atoms with Crippen LogP contribution in [0.4, 0.5) is 5.69 Å². The Kier molecular flexibility index (Phi) is 7.23. The Morgan fingerprint density at radius 1 is 1.00 bits per heavy atom. The smallest absolute Gasteiger partial charge is 0.226 e. The molecule has 1 saturated heterocycles. The van der Waals surface area contributed by atoms with Crippen LogP contribution in [0, 0.1) is 0 Å². The number of carbonyl (C=O) groups is 1. The minimum Gasteiger partial charge on any atom is -0.311 e. The van der Waals surface area contributed by atoms with E-state index >= 15 is 0 Å². The van der Waals surface area contributed by atoms with E-state index in [4.69, 9.17) is 0 Å². The van der Waals surface area contributed by atoms with E-state index in [0.29, 0.717) is 6.42 Å². The van der Waals surface area contributed by atoms with Gasteiger partial charge in [-0.1, -0.05) is 31.2 Å². The van der Waals surface area contributed by atoms with Gasteiger partial charge in [0.1, 0.15) is 0 Å². The Bertz CT molecular complexity index is 651. The number of nitrogens with zero attached hydrogens (tertiary/aromatic N) is 3. The van der Waals surface area contributed by atoms with E-state index in [1.165, 1.54) is 4.88 Å². The van der Waals surface area contributed by atoms with Crippen molar-refractivity contribution in [2.45, 2.75) is 19.8 Å². The summed E-state index contributed by atoms with van der Waals surface area (Å²) in [6.45, 7) is 9.23. The van der Waals surface area contributed by atoms with Gasteiger partial charge in [0.05, 0.1) is 0 Å². The minimum absolute atomic E-state index is 0.200. The highest BCUT2D eigenvalue weighted by atomic mass is 32.1. The molecule has 1 amide bonds. The standard InChI is InChI=1S/C21H29N3OS/c1-2-21(25)24(19-7-4-3-5-8-19)17-16-23-14-12-22(13-15-23)11-10-20-9-6-18-26-20/h3-9,18H,2,10-17H2,1H3. The largest absolute Gasteiger partial charge is 0.311 e. The highest BCUT2D eigenvalue weighted by Gasteiger charge is 2.19. The van der Waals surface area contributed by atoms with Crippen molar-refractivity contribution in [2.24, 2.45) is 0 Å². The lowest BCUT2D eigenvalue weighted by molar-refractivity contribution is -0.118. The second-order valence-electron chi connectivity index (χ2n) is 6.75. The molecular formula is C21H29N3OS. The predicted molar refractivity (Wildman–Crippen MR) is 110 cm³/mol. The van der Waals surface area contributed by atoms with Crippen LogP contribution in [0.25, 0.3) is 0 Å². The zero-order valence-corrected chi connectivity index (χ0v) is 16.5. The molecule has 1 aromatic heterocycles. The van der Waals surface area contributed by atoms with Crippen molar-refractivity contribution in [1.82, 2.24) is 9.80 Å². The molecule has 0 spiro atoms. The Labute approximate surface area is 161 Å². The summed E-state index contributed by atoms with van der Waals surface area (Å²) in [5.74, 6) is 0.200. The molecule has 3 rings (SSSR count). The fourth-order valence-corrected chi connectivity index (χ4v) is 4.10. The molecule has 0 saturated carbocycles. The number of carbonyl (C=O) groups excluding carboxylic acids is 1. The SMILES string of the molecule is CCC(=O)N(CCN1CCN(CCc2cccs2)CC1)c1ccccc1. The Balaban J connectivity index is 1.43. The van der Waals surface area contributed by atoms with Crippen LogP contribution < -0.4 is 4.90 Å². The number of hydrogen-bond acceptors (Lipinski definition) is 4. The van der Waals surface area contributed by atoms with Crippen LogP contribution in [0.5, 0.6) is 0 Å². The van der Waals surface area contributed by atoms with Gasteiger partial charge >= 0.3 is 0 Å². The minimum atomic E-state index is 0.200. The van der Waals surface area contributed by atoms with Crippen molar-refractivity contribution in [2.75, 3.05) is 50.7 Å². The summed E-state index contributed by atoms with van der Waals surface area (Å²) in [5, 5.41) is 2.16. The number of amides is 1. The van der Waals surface area contributed by atoms with Crippen LogP contribution >= 0.6 is 11.3 Å². The Hall–Kier alpha value is -1.69. The van der Waals surface area contributed by atoms with E-state index in [1.807, 2.05) is 53.5 Å². The molecule has 5 heteroatoms. The topological polar surface area (TPSA) is 26.8 Å². The number of anilines is 1. The fourth-order valence-electron chi connectivity index (χ4n) is 3.40. The van der Waals surface area contributed by atoms with Gasteiger partial charge in [-0.3, -0.25) is 9.69 Å². The molecule has 2 aromatic rings. The first kappa shape index (κ1) is 19.1. The van der Waals surface area contributed by atoms with Gasteiger partial charge in [-0.15, -0.1) is 11.3 Å². The number of piperazine rings is 1. The molecule has 0 atom stereocenters. The normalized spacial score (nSPS) is 15.9. The maximum atomic E-state index is 12.3. The maximum absolute atomic E-state index is 12.3. The van der Waals surface area contributed by atoms with Gasteiger partial charge in [-0.2, -0.15) is 0 Å². The zero-order valence-electron chi connectivity index (χ0n) is 15.6. The van der Waals surface area contributed by atoms with E-state index in [-0.39, 0.29) is 5.91 Å². The average Bonchev–Trinajstić information content (AvgIpc) is 3.21. The third-order valence-electron chi connectivity index (χ3n) is 5.03. The quantitative estimate of drug-likeness (QED) is 0.712. The van der Waals surface area contributed by atoms with E-state index in [9.17, 15) is 4.79 Å². The molecular weight excluding hydrogens is 342 g/mol. The molecule has 1 aliphatic rings. The van der Waals surface area contributed by atoms with E-state index in [1.54, 1.807) is 0 Å². The van der Waals surface area contributed by atoms with E-state index < -0.39 is 0 Å². The Morgan fingerprint density at radius 3 is 2.31 bits per heavy atom. The molecule has 0 aliphatic carbocycles. The van der Waals surface area contributed by atoms with Crippen molar-refractivity contribution in [3.05, 3.63) is 52.7 Å². The zero-order chi connectivity index (χ0) is 18.2. The Morgan fingerprint density at radius 2 is 1.69 bits per heavy atom. The molecule has 2 heterocycles. The molecule has 0 bridgehead atoms. The molecule has 0 radical (unpaired) electrons. The number of rotatable bonds is 8.